The first kappa shape index (κ1) is 17.0. The molecule has 2 aliphatic heterocycles. The fraction of sp³-hybridized carbons (Fsp3) is 0.611. The monoisotopic (exact) mass is 332 g/mol. The molecule has 2 unspecified atom stereocenters. The molecule has 1 aromatic rings. The Morgan fingerprint density at radius 1 is 1.33 bits per heavy atom. The van der Waals surface area contributed by atoms with Gasteiger partial charge in [0, 0.05) is 26.2 Å². The lowest BCUT2D eigenvalue weighted by molar-refractivity contribution is -0.0453. The molecule has 0 saturated carbocycles. The minimum Gasteiger partial charge on any atom is -0.492 e. The van der Waals surface area contributed by atoms with Crippen molar-refractivity contribution < 1.29 is 9.47 Å². The predicted octanol–water partition coefficient (Wildman–Crippen LogP) is 1.09. The Labute approximate surface area is 144 Å². The van der Waals surface area contributed by atoms with Crippen LogP contribution in [0.5, 0.6) is 5.75 Å². The lowest BCUT2D eigenvalue weighted by Crippen LogP contribution is -2.51. The lowest BCUT2D eigenvalue weighted by Gasteiger charge is -2.35. The number of hydrogen-bond acceptors (Lipinski definition) is 4. The van der Waals surface area contributed by atoms with E-state index >= 15 is 0 Å². The van der Waals surface area contributed by atoms with Crippen LogP contribution in [0.15, 0.2) is 35.3 Å². The third-order valence-corrected chi connectivity index (χ3v) is 4.59. The number of hydrogen-bond donors (Lipinski definition) is 2. The van der Waals surface area contributed by atoms with Crippen molar-refractivity contribution in [3.05, 3.63) is 30.3 Å². The van der Waals surface area contributed by atoms with Gasteiger partial charge in [0.25, 0.3) is 0 Å². The Balaban J connectivity index is 1.32. The maximum Gasteiger partial charge on any atom is 0.191 e. The molecule has 2 atom stereocenters. The number of ether oxygens (including phenoxy) is 2. The second-order valence-corrected chi connectivity index (χ2v) is 6.29. The molecular weight excluding hydrogens is 304 g/mol. The van der Waals surface area contributed by atoms with Crippen molar-refractivity contribution in [1.82, 2.24) is 15.5 Å². The minimum atomic E-state index is 0.235. The van der Waals surface area contributed by atoms with E-state index in [9.17, 15) is 0 Å². The number of rotatable bonds is 6. The van der Waals surface area contributed by atoms with Crippen LogP contribution in [0.25, 0.3) is 0 Å². The summed E-state index contributed by atoms with van der Waals surface area (Å²) in [4.78, 5) is 6.81. The lowest BCUT2D eigenvalue weighted by atomic mass is 10.2. The molecule has 2 heterocycles. The van der Waals surface area contributed by atoms with Crippen molar-refractivity contribution in [1.29, 1.82) is 0 Å². The summed E-state index contributed by atoms with van der Waals surface area (Å²) in [6.07, 6.45) is 2.82. The Bertz CT molecular complexity index is 523. The van der Waals surface area contributed by atoms with Crippen molar-refractivity contribution in [3.63, 3.8) is 0 Å². The SMILES string of the molecule is CN=C(NCCOc1ccccc1)NCC1CN2CCCC2CO1. The second-order valence-electron chi connectivity index (χ2n) is 6.29. The van der Waals surface area contributed by atoms with E-state index in [-0.39, 0.29) is 6.10 Å². The summed E-state index contributed by atoms with van der Waals surface area (Å²) in [7, 11) is 1.78. The zero-order valence-corrected chi connectivity index (χ0v) is 14.4. The normalized spacial score (nSPS) is 24.5. The minimum absolute atomic E-state index is 0.235. The van der Waals surface area contributed by atoms with Crippen LogP contribution >= 0.6 is 0 Å². The fourth-order valence-electron chi connectivity index (χ4n) is 3.30. The second kappa shape index (κ2) is 8.89. The molecule has 2 N–H and O–H groups in total. The number of fused-ring (bicyclic) bond motifs is 1. The van der Waals surface area contributed by atoms with Crippen molar-refractivity contribution in [2.24, 2.45) is 4.99 Å². The molecule has 2 saturated heterocycles. The van der Waals surface area contributed by atoms with Crippen molar-refractivity contribution in [3.8, 4) is 5.75 Å². The summed E-state index contributed by atoms with van der Waals surface area (Å²) in [6, 6.07) is 10.5. The number of nitrogens with one attached hydrogen (secondary N) is 2. The topological polar surface area (TPSA) is 58.1 Å². The highest BCUT2D eigenvalue weighted by atomic mass is 16.5. The first-order chi connectivity index (χ1) is 11.8. The molecule has 6 heteroatoms. The van der Waals surface area contributed by atoms with Crippen LogP contribution in [0, 0.1) is 0 Å². The highest BCUT2D eigenvalue weighted by Crippen LogP contribution is 2.22. The maximum atomic E-state index is 5.96. The molecule has 1 aromatic carbocycles. The van der Waals surface area contributed by atoms with Crippen molar-refractivity contribution in [2.75, 3.05) is 46.4 Å². The maximum absolute atomic E-state index is 5.96. The molecule has 2 aliphatic rings. The molecule has 2 fully saturated rings. The number of morpholine rings is 1. The van der Waals surface area contributed by atoms with Crippen LogP contribution in [0.4, 0.5) is 0 Å². The molecule has 6 nitrogen and oxygen atoms in total. The fourth-order valence-corrected chi connectivity index (χ4v) is 3.30. The highest BCUT2D eigenvalue weighted by molar-refractivity contribution is 5.79. The number of guanidine groups is 1. The number of aliphatic imine (C=N–C) groups is 1. The van der Waals surface area contributed by atoms with Crippen LogP contribution in [0.3, 0.4) is 0 Å². The van der Waals surface area contributed by atoms with E-state index in [4.69, 9.17) is 9.47 Å². The zero-order chi connectivity index (χ0) is 16.6. The molecule has 0 aromatic heterocycles. The van der Waals surface area contributed by atoms with Gasteiger partial charge in [-0.3, -0.25) is 9.89 Å². The van der Waals surface area contributed by atoms with Crippen LogP contribution < -0.4 is 15.4 Å². The van der Waals surface area contributed by atoms with Gasteiger partial charge in [-0.15, -0.1) is 0 Å². The summed E-state index contributed by atoms with van der Waals surface area (Å²) in [5, 5.41) is 6.62. The third-order valence-electron chi connectivity index (χ3n) is 4.59. The van der Waals surface area contributed by atoms with Gasteiger partial charge in [-0.25, -0.2) is 0 Å². The summed E-state index contributed by atoms with van der Waals surface area (Å²) < 4.78 is 11.6. The van der Waals surface area contributed by atoms with Gasteiger partial charge in [-0.2, -0.15) is 0 Å². The molecule has 132 valence electrons. The third kappa shape index (κ3) is 4.85. The van der Waals surface area contributed by atoms with Gasteiger partial charge in [0.1, 0.15) is 12.4 Å². The molecule has 0 radical (unpaired) electrons. The summed E-state index contributed by atoms with van der Waals surface area (Å²) in [5.74, 6) is 1.68. The van der Waals surface area contributed by atoms with E-state index in [1.54, 1.807) is 7.05 Å². The van der Waals surface area contributed by atoms with Gasteiger partial charge in [0.15, 0.2) is 5.96 Å². The van der Waals surface area contributed by atoms with E-state index in [0.717, 1.165) is 31.4 Å². The average molecular weight is 332 g/mol. The van der Waals surface area contributed by atoms with Crippen LogP contribution in [-0.4, -0.2) is 69.4 Å². The van der Waals surface area contributed by atoms with Gasteiger partial charge >= 0.3 is 0 Å². The molecule has 0 spiro atoms. The van der Waals surface area contributed by atoms with Crippen molar-refractivity contribution >= 4 is 5.96 Å². The predicted molar refractivity (Wildman–Crippen MR) is 95.6 cm³/mol. The summed E-state index contributed by atoms with van der Waals surface area (Å²) in [5.41, 5.74) is 0. The van der Waals surface area contributed by atoms with E-state index < -0.39 is 0 Å². The number of benzene rings is 1. The van der Waals surface area contributed by atoms with E-state index in [0.29, 0.717) is 19.2 Å². The molecular formula is C18H28N4O2. The Kier molecular flexibility index (Phi) is 6.32. The zero-order valence-electron chi connectivity index (χ0n) is 14.4. The molecule has 3 rings (SSSR count). The smallest absolute Gasteiger partial charge is 0.191 e. The molecule has 0 amide bonds. The first-order valence-corrected chi connectivity index (χ1v) is 8.83. The first-order valence-electron chi connectivity index (χ1n) is 8.83. The van der Waals surface area contributed by atoms with Crippen molar-refractivity contribution in [2.45, 2.75) is 25.0 Å². The largest absolute Gasteiger partial charge is 0.492 e. The number of nitrogens with zero attached hydrogens (tertiary/aromatic N) is 2. The van der Waals surface area contributed by atoms with Crippen LogP contribution in [-0.2, 0) is 4.74 Å². The van der Waals surface area contributed by atoms with Gasteiger partial charge in [-0.05, 0) is 31.5 Å². The summed E-state index contributed by atoms with van der Waals surface area (Å²) >= 11 is 0. The van der Waals surface area contributed by atoms with Gasteiger partial charge in [-0.1, -0.05) is 18.2 Å². The van der Waals surface area contributed by atoms with Gasteiger partial charge < -0.3 is 20.1 Å². The molecule has 24 heavy (non-hydrogen) atoms. The van der Waals surface area contributed by atoms with Crippen LogP contribution in [0.1, 0.15) is 12.8 Å². The van der Waals surface area contributed by atoms with Gasteiger partial charge in [0.05, 0.1) is 19.3 Å². The van der Waals surface area contributed by atoms with E-state index in [1.165, 1.54) is 19.4 Å². The summed E-state index contributed by atoms with van der Waals surface area (Å²) in [6.45, 7) is 5.18. The standard InChI is InChI=1S/C18H28N4O2/c1-19-18(20-9-11-23-16-7-3-2-4-8-16)21-12-17-13-22-10-5-6-15(22)14-24-17/h2-4,7-8,15,17H,5-6,9-14H2,1H3,(H2,19,20,21). The molecule has 0 aliphatic carbocycles. The number of para-hydroxylation sites is 1. The Morgan fingerprint density at radius 2 is 2.21 bits per heavy atom. The quantitative estimate of drug-likeness (QED) is 0.464. The average Bonchev–Trinajstić information content (AvgIpc) is 3.10. The Morgan fingerprint density at radius 3 is 3.04 bits per heavy atom. The van der Waals surface area contributed by atoms with Crippen LogP contribution in [0.2, 0.25) is 0 Å². The van der Waals surface area contributed by atoms with Gasteiger partial charge in [0.2, 0.25) is 0 Å². The Hall–Kier alpha value is -1.79. The highest BCUT2D eigenvalue weighted by Gasteiger charge is 2.32. The molecule has 0 bridgehead atoms. The van der Waals surface area contributed by atoms with E-state index in [2.05, 4.69) is 20.5 Å². The van der Waals surface area contributed by atoms with E-state index in [1.807, 2.05) is 30.3 Å².